The summed E-state index contributed by atoms with van der Waals surface area (Å²) in [4.78, 5) is 4.37. The van der Waals surface area contributed by atoms with Crippen LogP contribution in [0.15, 0.2) is 6.07 Å². The van der Waals surface area contributed by atoms with Crippen LogP contribution in [0.5, 0.6) is 0 Å². The maximum absolute atomic E-state index is 9.36. The maximum atomic E-state index is 9.36. The van der Waals surface area contributed by atoms with Crippen molar-refractivity contribution in [3.8, 4) is 6.07 Å². The van der Waals surface area contributed by atoms with E-state index in [1.165, 1.54) is 0 Å². The van der Waals surface area contributed by atoms with E-state index in [0.717, 1.165) is 49.4 Å². The standard InChI is InChI=1S/C17H25N3O/c1-5-17(6-2)10-14(7-8-21-17)20-16-9-12(3)19-13(4)15(16)11-18/h9,14H,5-8,10H2,1-4H3,(H,19,20). The lowest BCUT2D eigenvalue weighted by Gasteiger charge is -2.40. The highest BCUT2D eigenvalue weighted by Crippen LogP contribution is 2.33. The van der Waals surface area contributed by atoms with Crippen molar-refractivity contribution in [1.29, 1.82) is 5.26 Å². The van der Waals surface area contributed by atoms with Crippen LogP contribution in [0.4, 0.5) is 5.69 Å². The summed E-state index contributed by atoms with van der Waals surface area (Å²) in [7, 11) is 0. The van der Waals surface area contributed by atoms with Gasteiger partial charge in [-0.15, -0.1) is 0 Å². The molecule has 0 bridgehead atoms. The van der Waals surface area contributed by atoms with Gasteiger partial charge in [0.1, 0.15) is 6.07 Å². The van der Waals surface area contributed by atoms with E-state index in [1.54, 1.807) is 0 Å². The molecular formula is C17H25N3O. The van der Waals surface area contributed by atoms with Gasteiger partial charge < -0.3 is 10.1 Å². The molecule has 4 heteroatoms. The zero-order valence-electron chi connectivity index (χ0n) is 13.5. The minimum Gasteiger partial charge on any atom is -0.381 e. The van der Waals surface area contributed by atoms with Crippen LogP contribution in [0.3, 0.4) is 0 Å². The second-order valence-electron chi connectivity index (χ2n) is 5.96. The Kier molecular flexibility index (Phi) is 4.84. The molecule has 1 fully saturated rings. The fraction of sp³-hybridized carbons (Fsp3) is 0.647. The van der Waals surface area contributed by atoms with Crippen LogP contribution in [0, 0.1) is 25.2 Å². The van der Waals surface area contributed by atoms with Crippen LogP contribution in [-0.4, -0.2) is 23.2 Å². The Balaban J connectivity index is 2.21. The van der Waals surface area contributed by atoms with Crippen molar-refractivity contribution in [3.05, 3.63) is 23.0 Å². The van der Waals surface area contributed by atoms with Crippen molar-refractivity contribution in [2.75, 3.05) is 11.9 Å². The number of aromatic nitrogens is 1. The molecule has 0 amide bonds. The molecule has 1 aliphatic heterocycles. The summed E-state index contributed by atoms with van der Waals surface area (Å²) in [5.74, 6) is 0. The molecule has 1 aromatic rings. The molecule has 1 N–H and O–H groups in total. The summed E-state index contributed by atoms with van der Waals surface area (Å²) in [6.45, 7) is 9.01. The predicted octanol–water partition coefficient (Wildman–Crippen LogP) is 3.72. The van der Waals surface area contributed by atoms with Crippen molar-refractivity contribution in [3.63, 3.8) is 0 Å². The van der Waals surface area contributed by atoms with Gasteiger partial charge in [0.15, 0.2) is 0 Å². The van der Waals surface area contributed by atoms with E-state index in [1.807, 2.05) is 19.9 Å². The third kappa shape index (κ3) is 3.36. The molecular weight excluding hydrogens is 262 g/mol. The smallest absolute Gasteiger partial charge is 0.103 e. The van der Waals surface area contributed by atoms with Crippen LogP contribution in [0.2, 0.25) is 0 Å². The highest BCUT2D eigenvalue weighted by atomic mass is 16.5. The average Bonchev–Trinajstić information content (AvgIpc) is 2.47. The van der Waals surface area contributed by atoms with Crippen molar-refractivity contribution in [2.24, 2.45) is 0 Å². The third-order valence-corrected chi connectivity index (χ3v) is 4.58. The zero-order valence-corrected chi connectivity index (χ0v) is 13.5. The molecule has 1 aliphatic rings. The number of ether oxygens (including phenoxy) is 1. The van der Waals surface area contributed by atoms with E-state index in [0.29, 0.717) is 11.6 Å². The van der Waals surface area contributed by atoms with Gasteiger partial charge in [-0.1, -0.05) is 13.8 Å². The lowest BCUT2D eigenvalue weighted by atomic mass is 9.85. The molecule has 1 saturated heterocycles. The summed E-state index contributed by atoms with van der Waals surface area (Å²) in [5, 5.41) is 12.9. The molecule has 1 atom stereocenters. The van der Waals surface area contributed by atoms with Crippen molar-refractivity contribution >= 4 is 5.69 Å². The van der Waals surface area contributed by atoms with Gasteiger partial charge in [0.25, 0.3) is 0 Å². The second kappa shape index (κ2) is 6.44. The summed E-state index contributed by atoms with van der Waals surface area (Å²) in [6, 6.07) is 4.60. The van der Waals surface area contributed by atoms with Gasteiger partial charge in [-0.25, -0.2) is 0 Å². The van der Waals surface area contributed by atoms with E-state index in [4.69, 9.17) is 4.74 Å². The second-order valence-corrected chi connectivity index (χ2v) is 5.96. The van der Waals surface area contributed by atoms with Gasteiger partial charge in [-0.05, 0) is 45.6 Å². The van der Waals surface area contributed by atoms with E-state index in [9.17, 15) is 5.26 Å². The lowest BCUT2D eigenvalue weighted by Crippen LogP contribution is -2.43. The molecule has 21 heavy (non-hydrogen) atoms. The molecule has 0 radical (unpaired) electrons. The zero-order chi connectivity index (χ0) is 15.5. The number of hydrogen-bond donors (Lipinski definition) is 1. The summed E-state index contributed by atoms with van der Waals surface area (Å²) in [6.07, 6.45) is 4.03. The van der Waals surface area contributed by atoms with Crippen molar-refractivity contribution < 1.29 is 4.74 Å². The summed E-state index contributed by atoms with van der Waals surface area (Å²) >= 11 is 0. The normalized spacial score (nSPS) is 20.8. The first-order chi connectivity index (χ1) is 10.0. The van der Waals surface area contributed by atoms with E-state index < -0.39 is 0 Å². The number of anilines is 1. The number of rotatable bonds is 4. The molecule has 114 valence electrons. The molecule has 2 rings (SSSR count). The number of hydrogen-bond acceptors (Lipinski definition) is 4. The number of nitriles is 1. The first kappa shape index (κ1) is 15.8. The minimum atomic E-state index is -0.0140. The Labute approximate surface area is 127 Å². The first-order valence-electron chi connectivity index (χ1n) is 7.82. The fourth-order valence-corrected chi connectivity index (χ4v) is 3.20. The van der Waals surface area contributed by atoms with Gasteiger partial charge >= 0.3 is 0 Å². The highest BCUT2D eigenvalue weighted by Gasteiger charge is 2.34. The molecule has 0 aromatic carbocycles. The molecule has 1 unspecified atom stereocenters. The molecule has 0 saturated carbocycles. The lowest BCUT2D eigenvalue weighted by molar-refractivity contribution is -0.0864. The quantitative estimate of drug-likeness (QED) is 0.917. The molecule has 0 spiro atoms. The average molecular weight is 287 g/mol. The van der Waals surface area contributed by atoms with Gasteiger partial charge in [0, 0.05) is 18.3 Å². The van der Waals surface area contributed by atoms with Crippen LogP contribution in [-0.2, 0) is 4.74 Å². The highest BCUT2D eigenvalue weighted by molar-refractivity contribution is 5.60. The number of pyridine rings is 1. The number of nitrogens with zero attached hydrogens (tertiary/aromatic N) is 2. The van der Waals surface area contributed by atoms with Crippen molar-refractivity contribution in [2.45, 2.75) is 65.0 Å². The monoisotopic (exact) mass is 287 g/mol. The van der Waals surface area contributed by atoms with Gasteiger partial charge in [-0.3, -0.25) is 4.98 Å². The maximum Gasteiger partial charge on any atom is 0.103 e. The molecule has 0 aliphatic carbocycles. The van der Waals surface area contributed by atoms with E-state index in [-0.39, 0.29) is 5.60 Å². The van der Waals surface area contributed by atoms with Gasteiger partial charge in [0.2, 0.25) is 0 Å². The molecule has 1 aromatic heterocycles. The van der Waals surface area contributed by atoms with Crippen molar-refractivity contribution in [1.82, 2.24) is 4.98 Å². The topological polar surface area (TPSA) is 57.9 Å². The largest absolute Gasteiger partial charge is 0.381 e. The number of nitrogens with one attached hydrogen (secondary N) is 1. The predicted molar refractivity (Wildman–Crippen MR) is 84.3 cm³/mol. The molecule has 4 nitrogen and oxygen atoms in total. The van der Waals surface area contributed by atoms with Gasteiger partial charge in [0.05, 0.1) is 22.5 Å². The summed E-state index contributed by atoms with van der Waals surface area (Å²) in [5.41, 5.74) is 3.30. The fourth-order valence-electron chi connectivity index (χ4n) is 3.20. The van der Waals surface area contributed by atoms with Crippen LogP contribution in [0.1, 0.15) is 56.5 Å². The Morgan fingerprint density at radius 3 is 2.76 bits per heavy atom. The third-order valence-electron chi connectivity index (χ3n) is 4.58. The van der Waals surface area contributed by atoms with Crippen LogP contribution >= 0.6 is 0 Å². The minimum absolute atomic E-state index is 0.0140. The Morgan fingerprint density at radius 1 is 1.43 bits per heavy atom. The van der Waals surface area contributed by atoms with Crippen LogP contribution in [0.25, 0.3) is 0 Å². The Hall–Kier alpha value is -1.60. The Bertz CT molecular complexity index is 544. The van der Waals surface area contributed by atoms with E-state index in [2.05, 4.69) is 30.2 Å². The Morgan fingerprint density at radius 2 is 2.14 bits per heavy atom. The van der Waals surface area contributed by atoms with E-state index >= 15 is 0 Å². The SMILES string of the molecule is CCC1(CC)CC(Nc2cc(C)nc(C)c2C#N)CCO1. The first-order valence-corrected chi connectivity index (χ1v) is 7.82. The number of aryl methyl sites for hydroxylation is 2. The summed E-state index contributed by atoms with van der Waals surface area (Å²) < 4.78 is 6.02. The van der Waals surface area contributed by atoms with Crippen LogP contribution < -0.4 is 5.32 Å². The van der Waals surface area contributed by atoms with Gasteiger partial charge in [-0.2, -0.15) is 5.26 Å². The molecule has 2 heterocycles.